The molecule has 2 atom stereocenters. The van der Waals surface area contributed by atoms with Crippen LogP contribution >= 0.6 is 0 Å². The third kappa shape index (κ3) is 3.24. The Bertz CT molecular complexity index is 758. The van der Waals surface area contributed by atoms with Gasteiger partial charge in [-0.2, -0.15) is 0 Å². The molecule has 1 aromatic carbocycles. The molecule has 1 saturated carbocycles. The van der Waals surface area contributed by atoms with Gasteiger partial charge in [0, 0.05) is 45.2 Å². The number of nitrogens with zero attached hydrogens (tertiary/aromatic N) is 3. The molecule has 2 saturated heterocycles. The van der Waals surface area contributed by atoms with E-state index in [4.69, 9.17) is 0 Å². The molecular weight excluding hydrogens is 350 g/mol. The van der Waals surface area contributed by atoms with Crippen molar-refractivity contribution in [3.63, 3.8) is 0 Å². The minimum Gasteiger partial charge on any atom is -0.339 e. The second-order valence-corrected chi connectivity index (χ2v) is 9.02. The Morgan fingerprint density at radius 2 is 1.79 bits per heavy atom. The molecule has 4 aliphatic rings. The first-order chi connectivity index (χ1) is 13.7. The summed E-state index contributed by atoms with van der Waals surface area (Å²) in [6.07, 6.45) is 7.47. The third-order valence-electron chi connectivity index (χ3n) is 7.41. The van der Waals surface area contributed by atoms with Crippen LogP contribution in [0, 0.1) is 5.92 Å². The summed E-state index contributed by atoms with van der Waals surface area (Å²) in [4.78, 5) is 32.5. The summed E-state index contributed by atoms with van der Waals surface area (Å²) in [5, 5.41) is 0. The first kappa shape index (κ1) is 18.2. The van der Waals surface area contributed by atoms with Gasteiger partial charge in [-0.15, -0.1) is 0 Å². The average Bonchev–Trinajstić information content (AvgIpc) is 3.15. The lowest BCUT2D eigenvalue weighted by molar-refractivity contribution is -0.139. The van der Waals surface area contributed by atoms with E-state index in [1.807, 2.05) is 9.80 Å². The Labute approximate surface area is 167 Å². The van der Waals surface area contributed by atoms with E-state index in [0.29, 0.717) is 25.0 Å². The fourth-order valence-electron chi connectivity index (χ4n) is 5.84. The molecule has 0 N–H and O–H groups in total. The highest BCUT2D eigenvalue weighted by Crippen LogP contribution is 2.34. The lowest BCUT2D eigenvalue weighted by Crippen LogP contribution is -2.54. The molecule has 3 fully saturated rings. The zero-order valence-corrected chi connectivity index (χ0v) is 16.7. The van der Waals surface area contributed by atoms with Gasteiger partial charge in [0.2, 0.25) is 11.8 Å². The lowest BCUT2D eigenvalue weighted by atomic mass is 9.90. The molecule has 5 rings (SSSR count). The van der Waals surface area contributed by atoms with Gasteiger partial charge in [0.1, 0.15) is 0 Å². The van der Waals surface area contributed by atoms with E-state index in [-0.39, 0.29) is 17.7 Å². The summed E-state index contributed by atoms with van der Waals surface area (Å²) < 4.78 is 0. The first-order valence-corrected chi connectivity index (χ1v) is 11.1. The summed E-state index contributed by atoms with van der Waals surface area (Å²) in [7, 11) is 0. The molecule has 1 aromatic rings. The highest BCUT2D eigenvalue weighted by molar-refractivity contribution is 5.89. The number of piperazine rings is 1. The van der Waals surface area contributed by atoms with Gasteiger partial charge in [-0.05, 0) is 30.4 Å². The zero-order valence-electron chi connectivity index (χ0n) is 16.7. The van der Waals surface area contributed by atoms with E-state index >= 15 is 0 Å². The van der Waals surface area contributed by atoms with Crippen LogP contribution < -0.4 is 0 Å². The number of hydrogen-bond donors (Lipinski definition) is 0. The van der Waals surface area contributed by atoms with Crippen LogP contribution in [0.4, 0.5) is 0 Å². The number of amides is 2. The van der Waals surface area contributed by atoms with E-state index in [1.165, 1.54) is 30.4 Å². The summed E-state index contributed by atoms with van der Waals surface area (Å²) in [6.45, 7) is 4.23. The van der Waals surface area contributed by atoms with Crippen molar-refractivity contribution < 1.29 is 9.59 Å². The summed E-state index contributed by atoms with van der Waals surface area (Å²) in [6, 6.07) is 9.37. The van der Waals surface area contributed by atoms with Crippen molar-refractivity contribution in [3.05, 3.63) is 35.4 Å². The maximum Gasteiger partial charge on any atom is 0.228 e. The number of rotatable bonds is 2. The molecule has 5 heteroatoms. The molecule has 1 aliphatic carbocycles. The second-order valence-electron chi connectivity index (χ2n) is 9.02. The minimum absolute atomic E-state index is 0.139. The van der Waals surface area contributed by atoms with Gasteiger partial charge in [-0.1, -0.05) is 43.5 Å². The van der Waals surface area contributed by atoms with Crippen LogP contribution in [-0.4, -0.2) is 65.3 Å². The SMILES string of the molecule is O=C(C1CC(=O)N(C2CCCCC2)C1)N1CCN2CCc3ccccc3C2C1. The van der Waals surface area contributed by atoms with Gasteiger partial charge in [-0.25, -0.2) is 0 Å². The maximum atomic E-state index is 13.3. The molecule has 0 bridgehead atoms. The highest BCUT2D eigenvalue weighted by atomic mass is 16.2. The number of hydrogen-bond acceptors (Lipinski definition) is 3. The van der Waals surface area contributed by atoms with Crippen LogP contribution in [0.2, 0.25) is 0 Å². The van der Waals surface area contributed by atoms with Gasteiger partial charge in [0.25, 0.3) is 0 Å². The molecule has 2 amide bonds. The molecule has 0 spiro atoms. The Morgan fingerprint density at radius 1 is 0.964 bits per heavy atom. The van der Waals surface area contributed by atoms with E-state index < -0.39 is 0 Å². The van der Waals surface area contributed by atoms with Gasteiger partial charge in [0.15, 0.2) is 0 Å². The highest BCUT2D eigenvalue weighted by Gasteiger charge is 2.42. The molecule has 3 heterocycles. The summed E-state index contributed by atoms with van der Waals surface area (Å²) in [5.41, 5.74) is 2.81. The van der Waals surface area contributed by atoms with Gasteiger partial charge in [0.05, 0.1) is 12.0 Å². The van der Waals surface area contributed by atoms with Gasteiger partial charge >= 0.3 is 0 Å². The van der Waals surface area contributed by atoms with Crippen molar-refractivity contribution in [1.29, 1.82) is 0 Å². The molecule has 28 heavy (non-hydrogen) atoms. The van der Waals surface area contributed by atoms with E-state index in [1.54, 1.807) is 0 Å². The van der Waals surface area contributed by atoms with Crippen LogP contribution in [0.5, 0.6) is 0 Å². The van der Waals surface area contributed by atoms with E-state index in [0.717, 1.165) is 45.4 Å². The predicted molar refractivity (Wildman–Crippen MR) is 108 cm³/mol. The normalized spacial score (nSPS) is 28.9. The number of benzene rings is 1. The monoisotopic (exact) mass is 381 g/mol. The maximum absolute atomic E-state index is 13.3. The van der Waals surface area contributed by atoms with Crippen molar-refractivity contribution in [1.82, 2.24) is 14.7 Å². The summed E-state index contributed by atoms with van der Waals surface area (Å²) >= 11 is 0. The fraction of sp³-hybridized carbons (Fsp3) is 0.652. The van der Waals surface area contributed by atoms with Crippen LogP contribution in [0.25, 0.3) is 0 Å². The molecular formula is C23H31N3O2. The molecule has 0 radical (unpaired) electrons. The number of carbonyl (C=O) groups is 2. The van der Waals surface area contributed by atoms with E-state index in [2.05, 4.69) is 29.2 Å². The molecule has 0 aromatic heterocycles. The van der Waals surface area contributed by atoms with Crippen molar-refractivity contribution in [2.45, 2.75) is 57.0 Å². The van der Waals surface area contributed by atoms with Crippen molar-refractivity contribution in [2.24, 2.45) is 5.92 Å². The van der Waals surface area contributed by atoms with Crippen LogP contribution in [0.1, 0.15) is 55.7 Å². The van der Waals surface area contributed by atoms with Crippen LogP contribution in [0.15, 0.2) is 24.3 Å². The Morgan fingerprint density at radius 3 is 2.64 bits per heavy atom. The molecule has 150 valence electrons. The number of fused-ring (bicyclic) bond motifs is 3. The summed E-state index contributed by atoms with van der Waals surface area (Å²) in [5.74, 6) is 0.265. The van der Waals surface area contributed by atoms with Crippen molar-refractivity contribution in [3.8, 4) is 0 Å². The Kier molecular flexibility index (Phi) is 4.87. The van der Waals surface area contributed by atoms with Crippen LogP contribution in [0.3, 0.4) is 0 Å². The quantitative estimate of drug-likeness (QED) is 0.791. The van der Waals surface area contributed by atoms with Crippen LogP contribution in [-0.2, 0) is 16.0 Å². The predicted octanol–water partition coefficient (Wildman–Crippen LogP) is 2.61. The number of carbonyl (C=O) groups excluding carboxylic acids is 2. The third-order valence-corrected chi connectivity index (χ3v) is 7.41. The Hall–Kier alpha value is -1.88. The van der Waals surface area contributed by atoms with Gasteiger partial charge < -0.3 is 9.80 Å². The first-order valence-electron chi connectivity index (χ1n) is 11.1. The van der Waals surface area contributed by atoms with Gasteiger partial charge in [-0.3, -0.25) is 14.5 Å². The molecule has 5 nitrogen and oxygen atoms in total. The smallest absolute Gasteiger partial charge is 0.228 e. The zero-order chi connectivity index (χ0) is 19.1. The Balaban J connectivity index is 1.27. The second kappa shape index (κ2) is 7.51. The molecule has 3 aliphatic heterocycles. The standard InChI is InChI=1S/C23H31N3O2/c27-22-14-18(15-26(22)19-7-2-1-3-8-19)23(28)25-13-12-24-11-10-17-6-4-5-9-20(17)21(24)16-25/h4-6,9,18-19,21H,1-3,7-8,10-16H2. The van der Waals surface area contributed by atoms with Crippen molar-refractivity contribution >= 4 is 11.8 Å². The minimum atomic E-state index is -0.139. The molecule has 2 unspecified atom stereocenters. The van der Waals surface area contributed by atoms with E-state index in [9.17, 15) is 9.59 Å². The topological polar surface area (TPSA) is 43.9 Å². The van der Waals surface area contributed by atoms with Crippen molar-refractivity contribution in [2.75, 3.05) is 32.7 Å². The number of likely N-dealkylation sites (tertiary alicyclic amines) is 1. The fourth-order valence-corrected chi connectivity index (χ4v) is 5.84. The average molecular weight is 382 g/mol. The largest absolute Gasteiger partial charge is 0.339 e. The lowest BCUT2D eigenvalue weighted by Gasteiger charge is -2.45.